The van der Waals surface area contributed by atoms with Crippen LogP contribution in [0.15, 0.2) is 11.6 Å². The van der Waals surface area contributed by atoms with Gasteiger partial charge in [0.2, 0.25) is 5.91 Å². The van der Waals surface area contributed by atoms with Crippen molar-refractivity contribution in [2.24, 2.45) is 5.41 Å². The number of amides is 1. The number of nitrogens with one attached hydrogen (secondary N) is 2. The summed E-state index contributed by atoms with van der Waals surface area (Å²) in [5, 5.41) is 14.1. The largest absolute Gasteiger partial charge is 0.478 e. The summed E-state index contributed by atoms with van der Waals surface area (Å²) in [6.45, 7) is 6.35. The molecule has 0 atom stereocenters. The minimum atomic E-state index is -0.954. The molecule has 5 nitrogen and oxygen atoms in total. The van der Waals surface area contributed by atoms with Crippen molar-refractivity contribution in [1.29, 1.82) is 0 Å². The number of carboxylic acid groups (broad SMARTS) is 1. The Morgan fingerprint density at radius 2 is 1.94 bits per heavy atom. The molecule has 92 valence electrons. The fraction of sp³-hybridized carbons (Fsp3) is 0.636. The maximum Gasteiger partial charge on any atom is 0.328 e. The van der Waals surface area contributed by atoms with E-state index in [1.54, 1.807) is 14.0 Å². The summed E-state index contributed by atoms with van der Waals surface area (Å²) in [5.41, 5.74) is 0.221. The average molecular weight is 228 g/mol. The van der Waals surface area contributed by atoms with Gasteiger partial charge >= 0.3 is 5.97 Å². The van der Waals surface area contributed by atoms with E-state index in [-0.39, 0.29) is 5.91 Å². The van der Waals surface area contributed by atoms with Crippen molar-refractivity contribution in [3.63, 3.8) is 0 Å². The molecule has 0 bridgehead atoms. The standard InChI is InChI=1S/C11H20N2O3/c1-8(5-9(14)15)6-13-7-11(2,3)10(16)12-4/h5,13H,6-7H2,1-4H3,(H,12,16)(H,14,15). The first kappa shape index (κ1) is 14.6. The van der Waals surface area contributed by atoms with Crippen molar-refractivity contribution >= 4 is 11.9 Å². The Balaban J connectivity index is 4.08. The highest BCUT2D eigenvalue weighted by Gasteiger charge is 2.25. The fourth-order valence-electron chi connectivity index (χ4n) is 1.25. The Labute approximate surface area is 95.9 Å². The molecule has 16 heavy (non-hydrogen) atoms. The molecule has 0 saturated carbocycles. The number of carboxylic acids is 1. The van der Waals surface area contributed by atoms with Crippen LogP contribution in [0.2, 0.25) is 0 Å². The molecular formula is C11H20N2O3. The zero-order valence-electron chi connectivity index (χ0n) is 10.3. The molecule has 0 fully saturated rings. The predicted octanol–water partition coefficient (Wildman–Crippen LogP) is 0.379. The highest BCUT2D eigenvalue weighted by Crippen LogP contribution is 2.13. The second-order valence-electron chi connectivity index (χ2n) is 4.40. The molecule has 0 aliphatic rings. The summed E-state index contributed by atoms with van der Waals surface area (Å²) < 4.78 is 0. The molecule has 0 aromatic heterocycles. The Morgan fingerprint density at radius 1 is 1.38 bits per heavy atom. The maximum absolute atomic E-state index is 11.4. The van der Waals surface area contributed by atoms with E-state index < -0.39 is 11.4 Å². The van der Waals surface area contributed by atoms with Crippen molar-refractivity contribution in [3.8, 4) is 0 Å². The molecule has 1 amide bonds. The third-order valence-electron chi connectivity index (χ3n) is 2.18. The van der Waals surface area contributed by atoms with Gasteiger partial charge in [0.05, 0.1) is 5.41 Å². The normalized spacial score (nSPS) is 12.4. The van der Waals surface area contributed by atoms with Crippen molar-refractivity contribution in [3.05, 3.63) is 11.6 Å². The lowest BCUT2D eigenvalue weighted by molar-refractivity contribution is -0.131. The van der Waals surface area contributed by atoms with Crippen molar-refractivity contribution in [1.82, 2.24) is 10.6 Å². The van der Waals surface area contributed by atoms with E-state index in [9.17, 15) is 9.59 Å². The summed E-state index contributed by atoms with van der Waals surface area (Å²) in [7, 11) is 1.60. The molecule has 0 unspecified atom stereocenters. The highest BCUT2D eigenvalue weighted by molar-refractivity contribution is 5.81. The molecule has 0 aromatic rings. The third-order valence-corrected chi connectivity index (χ3v) is 2.18. The van der Waals surface area contributed by atoms with Gasteiger partial charge in [0.1, 0.15) is 0 Å². The molecule has 0 radical (unpaired) electrons. The van der Waals surface area contributed by atoms with Crippen LogP contribution >= 0.6 is 0 Å². The summed E-state index contributed by atoms with van der Waals surface area (Å²) in [4.78, 5) is 21.8. The van der Waals surface area contributed by atoms with Crippen LogP contribution < -0.4 is 10.6 Å². The Morgan fingerprint density at radius 3 is 2.38 bits per heavy atom. The van der Waals surface area contributed by atoms with E-state index in [1.807, 2.05) is 13.8 Å². The van der Waals surface area contributed by atoms with E-state index >= 15 is 0 Å². The number of carbonyl (C=O) groups is 2. The predicted molar refractivity (Wildman–Crippen MR) is 62.1 cm³/mol. The number of hydrogen-bond acceptors (Lipinski definition) is 3. The second kappa shape index (κ2) is 6.27. The SMILES string of the molecule is CNC(=O)C(C)(C)CNCC(C)=CC(=O)O. The lowest BCUT2D eigenvalue weighted by Gasteiger charge is -2.22. The lowest BCUT2D eigenvalue weighted by atomic mass is 9.92. The Kier molecular flexibility index (Phi) is 5.74. The minimum Gasteiger partial charge on any atom is -0.478 e. The summed E-state index contributed by atoms with van der Waals surface area (Å²) in [5.74, 6) is -0.996. The quantitative estimate of drug-likeness (QED) is 0.574. The van der Waals surface area contributed by atoms with Crippen molar-refractivity contribution in [2.75, 3.05) is 20.1 Å². The van der Waals surface area contributed by atoms with Gasteiger partial charge in [0, 0.05) is 26.2 Å². The van der Waals surface area contributed by atoms with Crippen LogP contribution in [-0.4, -0.2) is 37.1 Å². The molecule has 5 heteroatoms. The number of hydrogen-bond donors (Lipinski definition) is 3. The van der Waals surface area contributed by atoms with Crippen LogP contribution in [0.25, 0.3) is 0 Å². The third kappa shape index (κ3) is 5.50. The van der Waals surface area contributed by atoms with Crippen molar-refractivity contribution in [2.45, 2.75) is 20.8 Å². The molecule has 0 aliphatic carbocycles. The second-order valence-corrected chi connectivity index (χ2v) is 4.40. The summed E-state index contributed by atoms with van der Waals surface area (Å²) in [6.07, 6.45) is 1.15. The van der Waals surface area contributed by atoms with Gasteiger partial charge in [0.15, 0.2) is 0 Å². The van der Waals surface area contributed by atoms with Gasteiger partial charge in [0.25, 0.3) is 0 Å². The minimum absolute atomic E-state index is 0.0418. The van der Waals surface area contributed by atoms with Crippen LogP contribution in [0.5, 0.6) is 0 Å². The van der Waals surface area contributed by atoms with Crippen LogP contribution in [0.1, 0.15) is 20.8 Å². The van der Waals surface area contributed by atoms with Crippen LogP contribution in [-0.2, 0) is 9.59 Å². The molecule has 3 N–H and O–H groups in total. The van der Waals surface area contributed by atoms with Crippen molar-refractivity contribution < 1.29 is 14.7 Å². The van der Waals surface area contributed by atoms with Gasteiger partial charge in [-0.2, -0.15) is 0 Å². The number of aliphatic carboxylic acids is 1. The van der Waals surface area contributed by atoms with Gasteiger partial charge in [-0.3, -0.25) is 4.79 Å². The smallest absolute Gasteiger partial charge is 0.328 e. The van der Waals surface area contributed by atoms with E-state index in [2.05, 4.69) is 10.6 Å². The molecular weight excluding hydrogens is 208 g/mol. The fourth-order valence-corrected chi connectivity index (χ4v) is 1.25. The zero-order valence-corrected chi connectivity index (χ0v) is 10.3. The maximum atomic E-state index is 11.4. The van der Waals surface area contributed by atoms with Gasteiger partial charge < -0.3 is 15.7 Å². The zero-order chi connectivity index (χ0) is 12.8. The molecule has 0 heterocycles. The van der Waals surface area contributed by atoms with E-state index in [1.165, 1.54) is 0 Å². The van der Waals surface area contributed by atoms with Gasteiger partial charge in [-0.05, 0) is 20.8 Å². The van der Waals surface area contributed by atoms with Gasteiger partial charge in [-0.15, -0.1) is 0 Å². The van der Waals surface area contributed by atoms with E-state index in [0.29, 0.717) is 13.1 Å². The Bertz CT molecular complexity index is 296. The first-order chi connectivity index (χ1) is 7.29. The first-order valence-electron chi connectivity index (χ1n) is 5.12. The van der Waals surface area contributed by atoms with Crippen LogP contribution in [0.4, 0.5) is 0 Å². The molecule has 0 spiro atoms. The lowest BCUT2D eigenvalue weighted by Crippen LogP contribution is -2.42. The molecule has 0 aromatic carbocycles. The topological polar surface area (TPSA) is 78.4 Å². The van der Waals surface area contributed by atoms with Crippen LogP contribution in [0.3, 0.4) is 0 Å². The summed E-state index contributed by atoms with van der Waals surface area (Å²) >= 11 is 0. The highest BCUT2D eigenvalue weighted by atomic mass is 16.4. The number of rotatable bonds is 6. The molecule has 0 rings (SSSR count). The van der Waals surface area contributed by atoms with E-state index in [4.69, 9.17) is 5.11 Å². The molecule has 0 aliphatic heterocycles. The van der Waals surface area contributed by atoms with E-state index in [0.717, 1.165) is 11.6 Å². The monoisotopic (exact) mass is 228 g/mol. The first-order valence-corrected chi connectivity index (χ1v) is 5.12. The van der Waals surface area contributed by atoms with Crippen LogP contribution in [0, 0.1) is 5.41 Å². The molecule has 0 saturated heterocycles. The average Bonchev–Trinajstić information content (AvgIpc) is 2.14. The van der Waals surface area contributed by atoms with Gasteiger partial charge in [-0.1, -0.05) is 5.57 Å². The Hall–Kier alpha value is -1.36. The van der Waals surface area contributed by atoms with Gasteiger partial charge in [-0.25, -0.2) is 4.79 Å². The number of carbonyl (C=O) groups excluding carboxylic acids is 1. The summed E-state index contributed by atoms with van der Waals surface area (Å²) in [6, 6.07) is 0.